The van der Waals surface area contributed by atoms with Gasteiger partial charge in [-0.3, -0.25) is 19.4 Å². The topological polar surface area (TPSA) is 64.1 Å². The van der Waals surface area contributed by atoms with Gasteiger partial charge in [0.15, 0.2) is 0 Å². The van der Waals surface area contributed by atoms with Crippen LogP contribution in [0.1, 0.15) is 26.2 Å². The smallest absolute Gasteiger partial charge is 0.317 e. The van der Waals surface area contributed by atoms with E-state index < -0.39 is 5.97 Å². The number of carboxylic acid groups (broad SMARTS) is 1. The molecule has 6 nitrogen and oxygen atoms in total. The van der Waals surface area contributed by atoms with Gasteiger partial charge in [0, 0.05) is 24.8 Å². The molecule has 1 aliphatic rings. The first-order valence-corrected chi connectivity index (χ1v) is 9.01. The summed E-state index contributed by atoms with van der Waals surface area (Å²) in [5.41, 5.74) is 0.934. The van der Waals surface area contributed by atoms with E-state index in [9.17, 15) is 9.59 Å². The van der Waals surface area contributed by atoms with Crippen LogP contribution < -0.4 is 4.90 Å². The summed E-state index contributed by atoms with van der Waals surface area (Å²) in [5.74, 6) is -0.675. The fraction of sp³-hybridized carbons (Fsp3) is 0.579. The van der Waals surface area contributed by atoms with Crippen molar-refractivity contribution in [3.05, 3.63) is 30.3 Å². The van der Waals surface area contributed by atoms with E-state index in [0.717, 1.165) is 38.0 Å². The summed E-state index contributed by atoms with van der Waals surface area (Å²) in [7, 11) is 1.87. The molecule has 7 heteroatoms. The van der Waals surface area contributed by atoms with E-state index in [1.165, 1.54) is 0 Å². The van der Waals surface area contributed by atoms with Crippen LogP contribution in [0.5, 0.6) is 0 Å². The number of carboxylic acids is 1. The first-order chi connectivity index (χ1) is 12.0. The molecule has 1 N–H and O–H groups in total. The van der Waals surface area contributed by atoms with Gasteiger partial charge < -0.3 is 10.0 Å². The van der Waals surface area contributed by atoms with Crippen LogP contribution in [-0.2, 0) is 9.59 Å². The average Bonchev–Trinajstić information content (AvgIpc) is 2.81. The van der Waals surface area contributed by atoms with E-state index in [-0.39, 0.29) is 30.9 Å². The monoisotopic (exact) mass is 383 g/mol. The van der Waals surface area contributed by atoms with Crippen LogP contribution in [0, 0.1) is 0 Å². The Hall–Kier alpha value is -1.63. The fourth-order valence-corrected chi connectivity index (χ4v) is 3.47. The van der Waals surface area contributed by atoms with Gasteiger partial charge in [0.2, 0.25) is 5.91 Å². The van der Waals surface area contributed by atoms with Gasteiger partial charge in [-0.25, -0.2) is 0 Å². The number of hydrogen-bond donors (Lipinski definition) is 1. The predicted octanol–water partition coefficient (Wildman–Crippen LogP) is 2.33. The highest BCUT2D eigenvalue weighted by Crippen LogP contribution is 2.17. The highest BCUT2D eigenvalue weighted by atomic mass is 35.5. The van der Waals surface area contributed by atoms with Crippen LogP contribution in [0.4, 0.5) is 5.69 Å². The Balaban J connectivity index is 0.00000338. The molecule has 0 bridgehead atoms. The van der Waals surface area contributed by atoms with Gasteiger partial charge in [0.1, 0.15) is 0 Å². The molecule has 0 aliphatic carbocycles. The van der Waals surface area contributed by atoms with Crippen molar-refractivity contribution in [1.82, 2.24) is 9.80 Å². The molecule has 1 saturated heterocycles. The standard InChI is InChI=1S/C19H29N3O3.ClH/c1-3-22(17-8-5-4-6-9-17)18(23)14-21-12-7-10-16(11-13-21)20(2)15-19(24)25;/h4-6,8-9,16H,3,7,10-15H2,1-2H3,(H,24,25);1H. The molecule has 0 radical (unpaired) electrons. The summed E-state index contributed by atoms with van der Waals surface area (Å²) in [6.45, 7) is 4.84. The maximum atomic E-state index is 12.7. The molecule has 146 valence electrons. The first kappa shape index (κ1) is 22.4. The number of halogens is 1. The molecule has 1 aliphatic heterocycles. The Morgan fingerprint density at radius 1 is 1.19 bits per heavy atom. The average molecular weight is 384 g/mol. The number of carbonyl (C=O) groups is 2. The number of para-hydroxylation sites is 1. The van der Waals surface area contributed by atoms with E-state index in [0.29, 0.717) is 13.1 Å². The molecule has 26 heavy (non-hydrogen) atoms. The van der Waals surface area contributed by atoms with Crippen LogP contribution in [0.15, 0.2) is 30.3 Å². The lowest BCUT2D eigenvalue weighted by Gasteiger charge is -2.27. The molecule has 0 aromatic heterocycles. The molecular weight excluding hydrogens is 354 g/mol. The molecule has 0 spiro atoms. The second kappa shape index (κ2) is 11.2. The number of rotatable bonds is 7. The van der Waals surface area contributed by atoms with Crippen molar-refractivity contribution in [2.45, 2.75) is 32.2 Å². The van der Waals surface area contributed by atoms with Gasteiger partial charge in [-0.15, -0.1) is 12.4 Å². The highest BCUT2D eigenvalue weighted by Gasteiger charge is 2.24. The highest BCUT2D eigenvalue weighted by molar-refractivity contribution is 5.94. The van der Waals surface area contributed by atoms with Gasteiger partial charge in [0.05, 0.1) is 13.1 Å². The molecule has 0 saturated carbocycles. The lowest BCUT2D eigenvalue weighted by molar-refractivity contribution is -0.138. The van der Waals surface area contributed by atoms with Crippen molar-refractivity contribution >= 4 is 30.0 Å². The van der Waals surface area contributed by atoms with Crippen molar-refractivity contribution in [1.29, 1.82) is 0 Å². The Kier molecular flexibility index (Phi) is 9.62. The minimum absolute atomic E-state index is 0. The number of anilines is 1. The van der Waals surface area contributed by atoms with Gasteiger partial charge in [-0.05, 0) is 51.9 Å². The maximum absolute atomic E-state index is 12.7. The summed E-state index contributed by atoms with van der Waals surface area (Å²) in [4.78, 5) is 29.5. The van der Waals surface area contributed by atoms with E-state index >= 15 is 0 Å². The van der Waals surface area contributed by atoms with Gasteiger partial charge in [-0.1, -0.05) is 18.2 Å². The number of nitrogens with zero attached hydrogens (tertiary/aromatic N) is 3. The van der Waals surface area contributed by atoms with E-state index in [2.05, 4.69) is 4.90 Å². The van der Waals surface area contributed by atoms with Gasteiger partial charge in [-0.2, -0.15) is 0 Å². The lowest BCUT2D eigenvalue weighted by atomic mass is 10.1. The van der Waals surface area contributed by atoms with Gasteiger partial charge in [0.25, 0.3) is 0 Å². The zero-order valence-corrected chi connectivity index (χ0v) is 16.5. The third kappa shape index (κ3) is 6.59. The minimum Gasteiger partial charge on any atom is -0.480 e. The molecule has 1 fully saturated rings. The Labute approximate surface area is 162 Å². The number of carbonyl (C=O) groups excluding carboxylic acids is 1. The van der Waals surface area contributed by atoms with Crippen molar-refractivity contribution in [2.75, 3.05) is 44.7 Å². The summed E-state index contributed by atoms with van der Waals surface area (Å²) in [5, 5.41) is 8.95. The molecule has 1 aromatic rings. The maximum Gasteiger partial charge on any atom is 0.317 e. The Bertz CT molecular complexity index is 570. The summed E-state index contributed by atoms with van der Waals surface area (Å²) in [6.07, 6.45) is 2.86. The summed E-state index contributed by atoms with van der Waals surface area (Å²) >= 11 is 0. The van der Waals surface area contributed by atoms with Crippen molar-refractivity contribution in [3.63, 3.8) is 0 Å². The van der Waals surface area contributed by atoms with Crippen LogP contribution in [-0.4, -0.2) is 72.6 Å². The number of aliphatic carboxylic acids is 1. The van der Waals surface area contributed by atoms with Crippen molar-refractivity contribution < 1.29 is 14.7 Å². The molecular formula is C19H30ClN3O3. The first-order valence-electron chi connectivity index (χ1n) is 9.01. The fourth-order valence-electron chi connectivity index (χ4n) is 3.47. The number of likely N-dealkylation sites (tertiary alicyclic amines) is 1. The third-order valence-corrected chi connectivity index (χ3v) is 4.84. The summed E-state index contributed by atoms with van der Waals surface area (Å²) < 4.78 is 0. The number of amides is 1. The van der Waals surface area contributed by atoms with Crippen LogP contribution in [0.3, 0.4) is 0 Å². The Morgan fingerprint density at radius 2 is 1.88 bits per heavy atom. The quantitative estimate of drug-likeness (QED) is 0.782. The number of benzene rings is 1. The van der Waals surface area contributed by atoms with Crippen LogP contribution in [0.25, 0.3) is 0 Å². The largest absolute Gasteiger partial charge is 0.480 e. The molecule has 2 rings (SSSR count). The SMILES string of the molecule is CCN(C(=O)CN1CCCC(N(C)CC(=O)O)CC1)c1ccccc1.Cl. The summed E-state index contributed by atoms with van der Waals surface area (Å²) in [6, 6.07) is 10.0. The van der Waals surface area contributed by atoms with Crippen LogP contribution in [0.2, 0.25) is 0 Å². The Morgan fingerprint density at radius 3 is 2.50 bits per heavy atom. The van der Waals surface area contributed by atoms with Crippen molar-refractivity contribution in [2.24, 2.45) is 0 Å². The molecule has 1 atom stereocenters. The zero-order valence-electron chi connectivity index (χ0n) is 15.6. The van der Waals surface area contributed by atoms with Crippen LogP contribution >= 0.6 is 12.4 Å². The number of hydrogen-bond acceptors (Lipinski definition) is 4. The molecule has 1 amide bonds. The van der Waals surface area contributed by atoms with E-state index in [4.69, 9.17) is 5.11 Å². The van der Waals surface area contributed by atoms with Crippen molar-refractivity contribution in [3.8, 4) is 0 Å². The van der Waals surface area contributed by atoms with Gasteiger partial charge >= 0.3 is 5.97 Å². The molecule has 1 heterocycles. The third-order valence-electron chi connectivity index (χ3n) is 4.84. The van der Waals surface area contributed by atoms with E-state index in [1.807, 2.05) is 54.1 Å². The zero-order chi connectivity index (χ0) is 18.2. The normalized spacial score (nSPS) is 18.0. The lowest BCUT2D eigenvalue weighted by Crippen LogP contribution is -2.41. The number of likely N-dealkylation sites (N-methyl/N-ethyl adjacent to an activating group) is 2. The molecule has 1 aromatic carbocycles. The second-order valence-corrected chi connectivity index (χ2v) is 6.64. The second-order valence-electron chi connectivity index (χ2n) is 6.64. The van der Waals surface area contributed by atoms with E-state index in [1.54, 1.807) is 0 Å². The predicted molar refractivity (Wildman–Crippen MR) is 106 cm³/mol. The molecule has 1 unspecified atom stereocenters. The minimum atomic E-state index is -0.791.